The fourth-order valence-corrected chi connectivity index (χ4v) is 3.21. The highest BCUT2D eigenvalue weighted by molar-refractivity contribution is 5.77. The van der Waals surface area contributed by atoms with Crippen molar-refractivity contribution in [1.82, 2.24) is 19.5 Å². The Morgan fingerprint density at radius 1 is 1.29 bits per heavy atom. The fraction of sp³-hybridized carbons (Fsp3) is 0.375. The van der Waals surface area contributed by atoms with Gasteiger partial charge < -0.3 is 14.5 Å². The largest absolute Gasteiger partial charge is 0.356 e. The van der Waals surface area contributed by atoms with Gasteiger partial charge in [-0.1, -0.05) is 0 Å². The van der Waals surface area contributed by atoms with E-state index in [1.54, 1.807) is 0 Å². The van der Waals surface area contributed by atoms with Crippen LogP contribution >= 0.6 is 0 Å². The molecule has 1 N–H and O–H groups in total. The Bertz CT molecular complexity index is 715. The van der Waals surface area contributed by atoms with Crippen LogP contribution in [-0.4, -0.2) is 32.6 Å². The number of hydrogen-bond acceptors (Lipinski definition) is 3. The van der Waals surface area contributed by atoms with Crippen molar-refractivity contribution in [2.45, 2.75) is 19.4 Å². The van der Waals surface area contributed by atoms with Crippen LogP contribution in [0.3, 0.4) is 0 Å². The molecular weight excluding hydrogens is 262 g/mol. The molecule has 1 atom stereocenters. The van der Waals surface area contributed by atoms with Crippen LogP contribution in [0, 0.1) is 5.92 Å². The second-order valence-corrected chi connectivity index (χ2v) is 5.80. The Hall–Kier alpha value is -2.30. The maximum atomic E-state index is 4.74. The standard InChI is InChI=1S/C16H19N5/c1-2-13(10-20-9-7-17-12-20)11-21(8-1)15-4-3-14-5-6-18-16(14)19-15/h3-7,9,12-13H,1-2,8,10-11H2,(H,18,19). The van der Waals surface area contributed by atoms with E-state index in [0.29, 0.717) is 5.92 Å². The number of rotatable bonds is 3. The van der Waals surface area contributed by atoms with E-state index in [0.717, 1.165) is 31.1 Å². The number of hydrogen-bond donors (Lipinski definition) is 1. The van der Waals surface area contributed by atoms with Crippen molar-refractivity contribution in [2.24, 2.45) is 5.92 Å². The number of aromatic amines is 1. The van der Waals surface area contributed by atoms with Crippen molar-refractivity contribution in [3.05, 3.63) is 43.1 Å². The third kappa shape index (κ3) is 2.51. The first-order valence-corrected chi connectivity index (χ1v) is 7.53. The molecule has 4 heterocycles. The van der Waals surface area contributed by atoms with Gasteiger partial charge in [-0.25, -0.2) is 9.97 Å². The summed E-state index contributed by atoms with van der Waals surface area (Å²) in [6, 6.07) is 6.34. The van der Waals surface area contributed by atoms with Gasteiger partial charge in [0.15, 0.2) is 0 Å². The molecule has 0 amide bonds. The summed E-state index contributed by atoms with van der Waals surface area (Å²) in [6.45, 7) is 3.21. The number of aromatic nitrogens is 4. The monoisotopic (exact) mass is 281 g/mol. The summed E-state index contributed by atoms with van der Waals surface area (Å²) >= 11 is 0. The lowest BCUT2D eigenvalue weighted by Crippen LogP contribution is -2.37. The summed E-state index contributed by atoms with van der Waals surface area (Å²) in [5, 5.41) is 1.17. The van der Waals surface area contributed by atoms with Crippen LogP contribution in [-0.2, 0) is 6.54 Å². The lowest BCUT2D eigenvalue weighted by Gasteiger charge is -2.33. The molecule has 0 bridgehead atoms. The molecule has 1 unspecified atom stereocenters. The highest BCUT2D eigenvalue weighted by atomic mass is 15.2. The van der Waals surface area contributed by atoms with Gasteiger partial charge in [0, 0.05) is 43.6 Å². The van der Waals surface area contributed by atoms with E-state index in [1.807, 2.05) is 24.9 Å². The second-order valence-electron chi connectivity index (χ2n) is 5.80. The lowest BCUT2D eigenvalue weighted by atomic mass is 9.98. The summed E-state index contributed by atoms with van der Waals surface area (Å²) in [5.74, 6) is 1.74. The summed E-state index contributed by atoms with van der Waals surface area (Å²) in [4.78, 5) is 14.5. The fourth-order valence-electron chi connectivity index (χ4n) is 3.21. The molecule has 0 radical (unpaired) electrons. The maximum Gasteiger partial charge on any atom is 0.139 e. The topological polar surface area (TPSA) is 49.7 Å². The molecule has 3 aromatic rings. The molecule has 0 saturated carbocycles. The van der Waals surface area contributed by atoms with Crippen LogP contribution in [0.1, 0.15) is 12.8 Å². The Morgan fingerprint density at radius 2 is 2.29 bits per heavy atom. The number of nitrogens with zero attached hydrogens (tertiary/aromatic N) is 4. The summed E-state index contributed by atoms with van der Waals surface area (Å²) in [5.41, 5.74) is 0.976. The van der Waals surface area contributed by atoms with Crippen molar-refractivity contribution >= 4 is 16.9 Å². The van der Waals surface area contributed by atoms with Gasteiger partial charge in [-0.05, 0) is 37.0 Å². The van der Waals surface area contributed by atoms with Crippen molar-refractivity contribution in [3.63, 3.8) is 0 Å². The van der Waals surface area contributed by atoms with Crippen molar-refractivity contribution in [1.29, 1.82) is 0 Å². The van der Waals surface area contributed by atoms with Crippen LogP contribution < -0.4 is 4.90 Å². The van der Waals surface area contributed by atoms with E-state index in [2.05, 4.69) is 37.6 Å². The van der Waals surface area contributed by atoms with Crippen molar-refractivity contribution < 1.29 is 0 Å². The zero-order chi connectivity index (χ0) is 14.1. The Morgan fingerprint density at radius 3 is 3.19 bits per heavy atom. The normalized spacial score (nSPS) is 19.2. The molecular formula is C16H19N5. The van der Waals surface area contributed by atoms with Crippen molar-refractivity contribution in [3.8, 4) is 0 Å². The Kier molecular flexibility index (Phi) is 3.10. The first-order chi connectivity index (χ1) is 10.4. The Labute approximate surface area is 123 Å². The van der Waals surface area contributed by atoms with Gasteiger partial charge in [0.05, 0.1) is 6.33 Å². The van der Waals surface area contributed by atoms with E-state index in [4.69, 9.17) is 4.98 Å². The summed E-state index contributed by atoms with van der Waals surface area (Å²) in [7, 11) is 0. The minimum Gasteiger partial charge on any atom is -0.356 e. The van der Waals surface area contributed by atoms with E-state index >= 15 is 0 Å². The smallest absolute Gasteiger partial charge is 0.139 e. The lowest BCUT2D eigenvalue weighted by molar-refractivity contribution is 0.365. The molecule has 0 spiro atoms. The van der Waals surface area contributed by atoms with E-state index in [-0.39, 0.29) is 0 Å². The first-order valence-electron chi connectivity index (χ1n) is 7.53. The van der Waals surface area contributed by atoms with Crippen molar-refractivity contribution in [2.75, 3.05) is 18.0 Å². The number of imidazole rings is 1. The number of piperidine rings is 1. The molecule has 1 saturated heterocycles. The predicted molar refractivity (Wildman–Crippen MR) is 83.3 cm³/mol. The number of anilines is 1. The minimum atomic E-state index is 0.661. The van der Waals surface area contributed by atoms with Gasteiger partial charge in [0.25, 0.3) is 0 Å². The third-order valence-corrected chi connectivity index (χ3v) is 4.27. The van der Waals surface area contributed by atoms with Crippen LogP contribution in [0.2, 0.25) is 0 Å². The third-order valence-electron chi connectivity index (χ3n) is 4.27. The number of fused-ring (bicyclic) bond motifs is 1. The number of nitrogens with one attached hydrogen (secondary N) is 1. The van der Waals surface area contributed by atoms with Gasteiger partial charge in [0.1, 0.15) is 11.5 Å². The predicted octanol–water partition coefficient (Wildman–Crippen LogP) is 2.68. The first kappa shape index (κ1) is 12.4. The van der Waals surface area contributed by atoms with Crippen LogP contribution in [0.15, 0.2) is 43.1 Å². The van der Waals surface area contributed by atoms with Gasteiger partial charge in [0.2, 0.25) is 0 Å². The highest BCUT2D eigenvalue weighted by Crippen LogP contribution is 2.24. The van der Waals surface area contributed by atoms with Crippen LogP contribution in [0.4, 0.5) is 5.82 Å². The van der Waals surface area contributed by atoms with E-state index < -0.39 is 0 Å². The summed E-state index contributed by atoms with van der Waals surface area (Å²) in [6.07, 6.45) is 10.2. The molecule has 1 fully saturated rings. The van der Waals surface area contributed by atoms with Gasteiger partial charge in [-0.2, -0.15) is 0 Å². The molecule has 21 heavy (non-hydrogen) atoms. The average Bonchev–Trinajstić information content (AvgIpc) is 3.17. The number of H-pyrrole nitrogens is 1. The molecule has 0 aromatic carbocycles. The summed E-state index contributed by atoms with van der Waals surface area (Å²) < 4.78 is 2.18. The molecule has 108 valence electrons. The van der Waals surface area contributed by atoms with Gasteiger partial charge >= 0.3 is 0 Å². The van der Waals surface area contributed by atoms with Gasteiger partial charge in [-0.15, -0.1) is 0 Å². The highest BCUT2D eigenvalue weighted by Gasteiger charge is 2.21. The second kappa shape index (κ2) is 5.24. The molecule has 0 aliphatic carbocycles. The SMILES string of the molecule is c1cn(CC2CCCN(c3ccc4cc[nH]c4n3)C2)cn1. The molecule has 4 rings (SSSR count). The average molecular weight is 281 g/mol. The minimum absolute atomic E-state index is 0.661. The van der Waals surface area contributed by atoms with Gasteiger partial charge in [-0.3, -0.25) is 0 Å². The molecule has 3 aromatic heterocycles. The maximum absolute atomic E-state index is 4.74. The molecule has 1 aliphatic rings. The molecule has 5 nitrogen and oxygen atoms in total. The zero-order valence-corrected chi connectivity index (χ0v) is 11.9. The van der Waals surface area contributed by atoms with Crippen LogP contribution in [0.25, 0.3) is 11.0 Å². The zero-order valence-electron chi connectivity index (χ0n) is 11.9. The van der Waals surface area contributed by atoms with E-state index in [9.17, 15) is 0 Å². The van der Waals surface area contributed by atoms with E-state index in [1.165, 1.54) is 18.2 Å². The Balaban J connectivity index is 1.51. The van der Waals surface area contributed by atoms with Crippen LogP contribution in [0.5, 0.6) is 0 Å². The quantitative estimate of drug-likeness (QED) is 0.803. The number of pyridine rings is 1. The molecule has 5 heteroatoms. The molecule has 1 aliphatic heterocycles.